The zero-order valence-corrected chi connectivity index (χ0v) is 14.5. The number of phenolic OH excluding ortho intramolecular Hbond substituents is 1. The molecule has 9 heteroatoms. The van der Waals surface area contributed by atoms with Gasteiger partial charge in [-0.15, -0.1) is 0 Å². The summed E-state index contributed by atoms with van der Waals surface area (Å²) in [6, 6.07) is 10.4. The fourth-order valence-electron chi connectivity index (χ4n) is 3.08. The first-order valence-corrected chi connectivity index (χ1v) is 8.40. The smallest absolute Gasteiger partial charge is 0.414 e. The number of carbonyl (C=O) groups excluding carboxylic acids is 1. The molecule has 2 aromatic carbocycles. The van der Waals surface area contributed by atoms with Crippen molar-refractivity contribution in [1.82, 2.24) is 15.0 Å². The van der Waals surface area contributed by atoms with Crippen LogP contribution in [0.25, 0.3) is 11.1 Å². The molecule has 0 radical (unpaired) electrons. The SMILES string of the molecule is N#Cc1cc(O)cc(-c2ccc(N3C[C@H](Cn4nccn4)OC3=O)cc2F)c1. The minimum absolute atomic E-state index is 0.129. The lowest BCUT2D eigenvalue weighted by Gasteiger charge is -2.14. The number of hydrogen-bond acceptors (Lipinski definition) is 6. The van der Waals surface area contributed by atoms with Gasteiger partial charge in [-0.2, -0.15) is 20.3 Å². The van der Waals surface area contributed by atoms with E-state index >= 15 is 0 Å². The van der Waals surface area contributed by atoms with Crippen LogP contribution in [0, 0.1) is 17.1 Å². The summed E-state index contributed by atoms with van der Waals surface area (Å²) in [6.45, 7) is 0.542. The van der Waals surface area contributed by atoms with Crippen LogP contribution in [0.5, 0.6) is 5.75 Å². The standard InChI is InChI=1S/C19H14FN5O3/c20-18-8-14(1-2-17(18)13-5-12(9-21)6-15(26)7-13)24-10-16(28-19(24)27)11-25-22-3-4-23-25/h1-8,16,26H,10-11H2/t16-/m1/s1. The molecule has 1 saturated heterocycles. The lowest BCUT2D eigenvalue weighted by molar-refractivity contribution is 0.126. The van der Waals surface area contributed by atoms with Gasteiger partial charge in [-0.1, -0.05) is 0 Å². The van der Waals surface area contributed by atoms with Gasteiger partial charge < -0.3 is 9.84 Å². The van der Waals surface area contributed by atoms with Crippen LogP contribution in [0.2, 0.25) is 0 Å². The molecule has 0 saturated carbocycles. The fraction of sp³-hybridized carbons (Fsp3) is 0.158. The normalized spacial score (nSPS) is 16.1. The van der Waals surface area contributed by atoms with Crippen LogP contribution in [-0.4, -0.2) is 38.8 Å². The van der Waals surface area contributed by atoms with Gasteiger partial charge in [-0.05, 0) is 42.0 Å². The van der Waals surface area contributed by atoms with E-state index in [4.69, 9.17) is 10.00 Å². The topological polar surface area (TPSA) is 104 Å². The van der Waals surface area contributed by atoms with E-state index in [-0.39, 0.29) is 23.4 Å². The molecule has 1 N–H and O–H groups in total. The second-order valence-electron chi connectivity index (χ2n) is 6.24. The number of carbonyl (C=O) groups is 1. The number of halogens is 1. The molecule has 4 rings (SSSR count). The third kappa shape index (κ3) is 3.35. The van der Waals surface area contributed by atoms with Crippen molar-refractivity contribution < 1.29 is 19.0 Å². The maximum atomic E-state index is 14.7. The van der Waals surface area contributed by atoms with Gasteiger partial charge in [0.1, 0.15) is 17.7 Å². The minimum atomic E-state index is -0.586. The highest BCUT2D eigenvalue weighted by atomic mass is 19.1. The number of anilines is 1. The molecule has 0 unspecified atom stereocenters. The number of phenols is 1. The molecule has 1 atom stereocenters. The van der Waals surface area contributed by atoms with Crippen molar-refractivity contribution in [2.24, 2.45) is 0 Å². The van der Waals surface area contributed by atoms with E-state index in [0.29, 0.717) is 17.8 Å². The Morgan fingerprint density at radius 3 is 2.75 bits per heavy atom. The molecular weight excluding hydrogens is 365 g/mol. The van der Waals surface area contributed by atoms with Crippen molar-refractivity contribution in [3.63, 3.8) is 0 Å². The lowest BCUT2D eigenvalue weighted by atomic mass is 10.0. The molecule has 8 nitrogen and oxygen atoms in total. The van der Waals surface area contributed by atoms with Gasteiger partial charge in [-0.25, -0.2) is 9.18 Å². The Labute approximate surface area is 159 Å². The van der Waals surface area contributed by atoms with Crippen LogP contribution in [0.1, 0.15) is 5.56 Å². The summed E-state index contributed by atoms with van der Waals surface area (Å²) in [7, 11) is 0. The number of aromatic hydroxyl groups is 1. The molecule has 1 aromatic heterocycles. The summed E-state index contributed by atoms with van der Waals surface area (Å²) in [5.74, 6) is -0.715. The third-order valence-corrected chi connectivity index (χ3v) is 4.33. The highest BCUT2D eigenvalue weighted by Crippen LogP contribution is 2.31. The van der Waals surface area contributed by atoms with Gasteiger partial charge in [0.05, 0.1) is 42.8 Å². The van der Waals surface area contributed by atoms with E-state index in [1.807, 2.05) is 6.07 Å². The highest BCUT2D eigenvalue weighted by molar-refractivity contribution is 5.90. The predicted molar refractivity (Wildman–Crippen MR) is 95.9 cm³/mol. The van der Waals surface area contributed by atoms with Gasteiger partial charge >= 0.3 is 6.09 Å². The molecule has 1 aliphatic heterocycles. The summed E-state index contributed by atoms with van der Waals surface area (Å²) in [4.78, 5) is 14.9. The second-order valence-corrected chi connectivity index (χ2v) is 6.24. The molecule has 1 amide bonds. The van der Waals surface area contributed by atoms with E-state index in [1.54, 1.807) is 6.07 Å². The first-order valence-electron chi connectivity index (χ1n) is 8.40. The Morgan fingerprint density at radius 1 is 1.25 bits per heavy atom. The maximum Gasteiger partial charge on any atom is 0.414 e. The Bertz CT molecular complexity index is 1080. The van der Waals surface area contributed by atoms with Crippen molar-refractivity contribution in [3.8, 4) is 22.9 Å². The Morgan fingerprint density at radius 2 is 2.04 bits per heavy atom. The summed E-state index contributed by atoms with van der Waals surface area (Å²) in [5.41, 5.74) is 1.15. The highest BCUT2D eigenvalue weighted by Gasteiger charge is 2.33. The van der Waals surface area contributed by atoms with Crippen LogP contribution in [0.15, 0.2) is 48.8 Å². The van der Waals surface area contributed by atoms with Crippen LogP contribution in [-0.2, 0) is 11.3 Å². The number of nitrogens with zero attached hydrogens (tertiary/aromatic N) is 5. The van der Waals surface area contributed by atoms with E-state index in [2.05, 4.69) is 10.2 Å². The van der Waals surface area contributed by atoms with Crippen LogP contribution in [0.3, 0.4) is 0 Å². The van der Waals surface area contributed by atoms with Crippen molar-refractivity contribution in [2.45, 2.75) is 12.6 Å². The van der Waals surface area contributed by atoms with Crippen molar-refractivity contribution in [3.05, 3.63) is 60.2 Å². The summed E-state index contributed by atoms with van der Waals surface area (Å²) in [5, 5.41) is 26.7. The van der Waals surface area contributed by atoms with Crippen molar-refractivity contribution in [1.29, 1.82) is 5.26 Å². The summed E-state index contributed by atoms with van der Waals surface area (Å²) in [6.07, 6.45) is 2.03. The molecule has 1 fully saturated rings. The molecule has 140 valence electrons. The number of nitriles is 1. The lowest BCUT2D eigenvalue weighted by Crippen LogP contribution is -2.26. The Kier molecular flexibility index (Phi) is 4.37. The number of cyclic esters (lactones) is 1. The largest absolute Gasteiger partial charge is 0.508 e. The van der Waals surface area contributed by atoms with Gasteiger partial charge in [0.25, 0.3) is 0 Å². The van der Waals surface area contributed by atoms with Crippen LogP contribution < -0.4 is 4.90 Å². The third-order valence-electron chi connectivity index (χ3n) is 4.33. The first-order chi connectivity index (χ1) is 13.5. The minimum Gasteiger partial charge on any atom is -0.508 e. The van der Waals surface area contributed by atoms with E-state index in [9.17, 15) is 14.3 Å². The molecule has 2 heterocycles. The monoisotopic (exact) mass is 379 g/mol. The van der Waals surface area contributed by atoms with Gasteiger partial charge in [-0.3, -0.25) is 4.90 Å². The fourth-order valence-corrected chi connectivity index (χ4v) is 3.08. The molecule has 0 bridgehead atoms. The zero-order chi connectivity index (χ0) is 19.7. The van der Waals surface area contributed by atoms with E-state index in [1.165, 1.54) is 52.4 Å². The van der Waals surface area contributed by atoms with Crippen molar-refractivity contribution in [2.75, 3.05) is 11.4 Å². The number of aromatic nitrogens is 3. The van der Waals surface area contributed by atoms with E-state index < -0.39 is 18.0 Å². The van der Waals surface area contributed by atoms with Gasteiger partial charge in [0, 0.05) is 5.56 Å². The van der Waals surface area contributed by atoms with Crippen LogP contribution in [0.4, 0.5) is 14.9 Å². The molecule has 0 spiro atoms. The molecule has 28 heavy (non-hydrogen) atoms. The Hall–Kier alpha value is -3.93. The van der Waals surface area contributed by atoms with Crippen molar-refractivity contribution >= 4 is 11.8 Å². The molecule has 0 aliphatic carbocycles. The summed E-state index contributed by atoms with van der Waals surface area (Å²) < 4.78 is 20.0. The average molecular weight is 379 g/mol. The second kappa shape index (κ2) is 7.00. The number of amides is 1. The number of hydrogen-bond donors (Lipinski definition) is 1. The number of benzene rings is 2. The Balaban J connectivity index is 1.57. The predicted octanol–water partition coefficient (Wildman–Crippen LogP) is 2.69. The number of ether oxygens (including phenoxy) is 1. The molecule has 1 aliphatic rings. The maximum absolute atomic E-state index is 14.7. The van der Waals surface area contributed by atoms with E-state index in [0.717, 1.165) is 0 Å². The number of rotatable bonds is 4. The molecule has 3 aromatic rings. The zero-order valence-electron chi connectivity index (χ0n) is 14.5. The van der Waals surface area contributed by atoms with Gasteiger partial charge in [0.15, 0.2) is 0 Å². The van der Waals surface area contributed by atoms with Gasteiger partial charge in [0.2, 0.25) is 0 Å². The van der Waals surface area contributed by atoms with Crippen LogP contribution >= 0.6 is 0 Å². The molecular formula is C19H14FN5O3. The summed E-state index contributed by atoms with van der Waals surface area (Å²) >= 11 is 0. The quantitative estimate of drug-likeness (QED) is 0.747. The first kappa shape index (κ1) is 17.5. The average Bonchev–Trinajstić information content (AvgIpc) is 3.30.